The molecule has 1 fully saturated rings. The Balaban J connectivity index is 1.71. The van der Waals surface area contributed by atoms with E-state index >= 15 is 0 Å². The lowest BCUT2D eigenvalue weighted by atomic mass is 10.1. The van der Waals surface area contributed by atoms with E-state index in [1.165, 1.54) is 21.8 Å². The van der Waals surface area contributed by atoms with Gasteiger partial charge in [-0.2, -0.15) is 8.42 Å². The van der Waals surface area contributed by atoms with Crippen molar-refractivity contribution in [2.24, 2.45) is 10.1 Å². The average molecular weight is 471 g/mol. The van der Waals surface area contributed by atoms with Crippen LogP contribution in [0.3, 0.4) is 0 Å². The van der Waals surface area contributed by atoms with Gasteiger partial charge < -0.3 is 10.5 Å². The molecule has 0 spiro atoms. The highest BCUT2D eigenvalue weighted by Gasteiger charge is 2.42. The largest absolute Gasteiger partial charge is 0.384 e. The van der Waals surface area contributed by atoms with Gasteiger partial charge in [0.05, 0.1) is 23.8 Å². The smallest absolute Gasteiger partial charge is 0.301 e. The number of nitrogen functional groups attached to an aromatic ring is 1. The number of pyridine rings is 1. The number of fused-ring (bicyclic) bond motifs is 1. The summed E-state index contributed by atoms with van der Waals surface area (Å²) in [6.07, 6.45) is 0.884. The Hall–Kier alpha value is -2.83. The van der Waals surface area contributed by atoms with Crippen LogP contribution in [0.2, 0.25) is 0 Å². The number of anilines is 1. The van der Waals surface area contributed by atoms with E-state index in [1.54, 1.807) is 12.1 Å². The molecule has 0 radical (unpaired) electrons. The lowest BCUT2D eigenvalue weighted by Gasteiger charge is -2.42. The number of nitrogens with two attached hydrogens (primary N) is 2. The lowest BCUT2D eigenvalue weighted by Crippen LogP contribution is -2.53. The molecule has 1 atom stereocenters. The molecule has 0 bridgehead atoms. The number of aliphatic imine (C=N–C) groups is 1. The third-order valence-electron chi connectivity index (χ3n) is 5.40. The van der Waals surface area contributed by atoms with Crippen LogP contribution in [-0.4, -0.2) is 54.7 Å². The van der Waals surface area contributed by atoms with Gasteiger partial charge in [0.25, 0.3) is 0 Å². The number of benzene rings is 1. The van der Waals surface area contributed by atoms with Gasteiger partial charge in [0.1, 0.15) is 12.0 Å². The van der Waals surface area contributed by atoms with E-state index in [9.17, 15) is 8.42 Å². The van der Waals surface area contributed by atoms with Crippen molar-refractivity contribution in [3.63, 3.8) is 0 Å². The number of nitrogens with zero attached hydrogens (tertiary/aromatic N) is 4. The number of ether oxygens (including phenoxy) is 1. The molecule has 1 saturated heterocycles. The molecule has 32 heavy (non-hydrogen) atoms. The second-order valence-electron chi connectivity index (χ2n) is 7.50. The molecule has 5 rings (SSSR count). The van der Waals surface area contributed by atoms with Crippen LogP contribution in [0.1, 0.15) is 16.6 Å². The second kappa shape index (κ2) is 8.26. The van der Waals surface area contributed by atoms with Crippen molar-refractivity contribution >= 4 is 38.9 Å². The summed E-state index contributed by atoms with van der Waals surface area (Å²) in [5.74, 6) is 0.557. The Morgan fingerprint density at radius 1 is 1.06 bits per heavy atom. The third-order valence-corrected chi connectivity index (χ3v) is 7.53. The molecule has 166 valence electrons. The van der Waals surface area contributed by atoms with Crippen LogP contribution in [0.4, 0.5) is 11.5 Å². The molecule has 11 heteroatoms. The van der Waals surface area contributed by atoms with E-state index in [4.69, 9.17) is 20.6 Å². The van der Waals surface area contributed by atoms with Crippen molar-refractivity contribution in [3.05, 3.63) is 65.2 Å². The highest BCUT2D eigenvalue weighted by Crippen LogP contribution is 2.47. The molecule has 2 aromatic heterocycles. The molecule has 4 N–H and O–H groups in total. The highest BCUT2D eigenvalue weighted by molar-refractivity contribution is 7.87. The molecule has 3 aromatic rings. The van der Waals surface area contributed by atoms with E-state index in [2.05, 4.69) is 9.88 Å². The quantitative estimate of drug-likeness (QED) is 0.602. The fourth-order valence-corrected chi connectivity index (χ4v) is 6.13. The van der Waals surface area contributed by atoms with Crippen LogP contribution in [0.5, 0.6) is 0 Å². The summed E-state index contributed by atoms with van der Waals surface area (Å²) in [5, 5.41) is 5.76. The standard InChI is InChI=1S/C21H22N6O3S2/c22-18-7-6-15(13-24-18)20-25-16-12-17(14-4-2-1-3-5-14)31-19(16)21(27(20)32(23,28)29)26-8-10-30-11-9-26/h1-7,12-13,21H,8-11H2,(H2,22,24)(H2,23,28,29). The summed E-state index contributed by atoms with van der Waals surface area (Å²) in [6, 6.07) is 15.2. The Kier molecular flexibility index (Phi) is 5.43. The summed E-state index contributed by atoms with van der Waals surface area (Å²) in [5.41, 5.74) is 8.02. The predicted octanol–water partition coefficient (Wildman–Crippen LogP) is 2.32. The fourth-order valence-electron chi connectivity index (χ4n) is 3.92. The number of thiophene rings is 1. The van der Waals surface area contributed by atoms with Gasteiger partial charge in [-0.3, -0.25) is 4.90 Å². The van der Waals surface area contributed by atoms with Gasteiger partial charge in [0, 0.05) is 29.7 Å². The maximum absolute atomic E-state index is 12.9. The lowest BCUT2D eigenvalue weighted by molar-refractivity contribution is -0.000676. The van der Waals surface area contributed by atoms with Crippen molar-refractivity contribution in [2.75, 3.05) is 32.0 Å². The number of hydrogen-bond acceptors (Lipinski definition) is 8. The first kappa shape index (κ1) is 21.0. The Labute approximate surface area is 190 Å². The van der Waals surface area contributed by atoms with Gasteiger partial charge in [-0.05, 0) is 23.8 Å². The van der Waals surface area contributed by atoms with E-state index in [-0.39, 0.29) is 5.84 Å². The molecule has 1 unspecified atom stereocenters. The number of amidine groups is 1. The summed E-state index contributed by atoms with van der Waals surface area (Å²) in [7, 11) is -4.16. The van der Waals surface area contributed by atoms with Crippen molar-refractivity contribution in [3.8, 4) is 10.4 Å². The minimum Gasteiger partial charge on any atom is -0.384 e. The fraction of sp³-hybridized carbons (Fsp3) is 0.238. The first-order valence-corrected chi connectivity index (χ1v) is 12.4. The van der Waals surface area contributed by atoms with Crippen molar-refractivity contribution < 1.29 is 13.2 Å². The third kappa shape index (κ3) is 3.89. The van der Waals surface area contributed by atoms with Crippen LogP contribution >= 0.6 is 11.3 Å². The van der Waals surface area contributed by atoms with Crippen molar-refractivity contribution in [1.82, 2.24) is 14.2 Å². The van der Waals surface area contributed by atoms with Crippen LogP contribution < -0.4 is 10.9 Å². The summed E-state index contributed by atoms with van der Waals surface area (Å²) in [6.45, 7) is 2.16. The number of hydrogen-bond donors (Lipinski definition) is 2. The average Bonchev–Trinajstić information content (AvgIpc) is 3.23. The molecule has 4 heterocycles. The zero-order chi connectivity index (χ0) is 22.3. The first-order chi connectivity index (χ1) is 15.4. The Bertz CT molecular complexity index is 1250. The molecular weight excluding hydrogens is 448 g/mol. The molecule has 0 saturated carbocycles. The normalized spacial score (nSPS) is 19.5. The molecular formula is C21H22N6O3S2. The van der Waals surface area contributed by atoms with Crippen molar-refractivity contribution in [2.45, 2.75) is 6.17 Å². The number of rotatable bonds is 4. The number of aromatic nitrogens is 1. The molecule has 9 nitrogen and oxygen atoms in total. The van der Waals surface area contributed by atoms with Crippen LogP contribution in [0.15, 0.2) is 59.7 Å². The Morgan fingerprint density at radius 2 is 1.81 bits per heavy atom. The molecule has 2 aliphatic heterocycles. The van der Waals surface area contributed by atoms with Gasteiger partial charge in [0.15, 0.2) is 5.84 Å². The number of morpholine rings is 1. The van der Waals surface area contributed by atoms with Gasteiger partial charge in [-0.25, -0.2) is 19.4 Å². The maximum atomic E-state index is 12.9. The van der Waals surface area contributed by atoms with Gasteiger partial charge in [-0.15, -0.1) is 11.3 Å². The van der Waals surface area contributed by atoms with E-state index < -0.39 is 16.4 Å². The molecule has 2 aliphatic rings. The topological polar surface area (TPSA) is 127 Å². The van der Waals surface area contributed by atoms with Gasteiger partial charge in [-0.1, -0.05) is 30.3 Å². The highest BCUT2D eigenvalue weighted by atomic mass is 32.2. The van der Waals surface area contributed by atoms with Crippen LogP contribution in [0, 0.1) is 0 Å². The molecule has 0 aliphatic carbocycles. The summed E-state index contributed by atoms with van der Waals surface area (Å²) < 4.78 is 32.5. The minimum absolute atomic E-state index is 0.224. The van der Waals surface area contributed by atoms with E-state index in [0.717, 1.165) is 21.0 Å². The van der Waals surface area contributed by atoms with Gasteiger partial charge >= 0.3 is 10.2 Å². The van der Waals surface area contributed by atoms with Crippen LogP contribution in [-0.2, 0) is 14.9 Å². The van der Waals surface area contributed by atoms with E-state index in [0.29, 0.717) is 37.7 Å². The van der Waals surface area contributed by atoms with Crippen LogP contribution in [0.25, 0.3) is 10.4 Å². The molecule has 0 amide bonds. The van der Waals surface area contributed by atoms with Gasteiger partial charge in [0.2, 0.25) is 0 Å². The summed E-state index contributed by atoms with van der Waals surface area (Å²) in [4.78, 5) is 12.8. The first-order valence-electron chi connectivity index (χ1n) is 10.1. The predicted molar refractivity (Wildman–Crippen MR) is 125 cm³/mol. The SMILES string of the molecule is Nc1ccc(C2=Nc3cc(-c4ccccc4)sc3C(N3CCOCC3)N2S(N)(=O)=O)cn1. The minimum atomic E-state index is -4.16. The Morgan fingerprint density at radius 3 is 2.47 bits per heavy atom. The molecule has 1 aromatic carbocycles. The maximum Gasteiger partial charge on any atom is 0.301 e. The van der Waals surface area contributed by atoms with Crippen molar-refractivity contribution in [1.29, 1.82) is 0 Å². The van der Waals surface area contributed by atoms with E-state index in [1.807, 2.05) is 36.4 Å². The summed E-state index contributed by atoms with van der Waals surface area (Å²) >= 11 is 1.52. The monoisotopic (exact) mass is 470 g/mol. The second-order valence-corrected chi connectivity index (χ2v) is 10.0. The zero-order valence-electron chi connectivity index (χ0n) is 17.1. The zero-order valence-corrected chi connectivity index (χ0v) is 18.7.